The minimum absolute atomic E-state index is 0.832. The SMILES string of the molecule is C1CN2CCOC2=N1. The molecule has 2 rings (SSSR count). The van der Waals surface area contributed by atoms with Crippen molar-refractivity contribution in [1.29, 1.82) is 0 Å². The highest BCUT2D eigenvalue weighted by atomic mass is 16.5. The van der Waals surface area contributed by atoms with Gasteiger partial charge in [0.2, 0.25) is 0 Å². The minimum Gasteiger partial charge on any atom is -0.463 e. The Balaban J connectivity index is 2.20. The van der Waals surface area contributed by atoms with E-state index in [2.05, 4.69) is 9.89 Å². The predicted octanol–water partition coefficient (Wildman–Crippen LogP) is -0.312. The van der Waals surface area contributed by atoms with Crippen LogP contribution in [-0.2, 0) is 4.74 Å². The van der Waals surface area contributed by atoms with Gasteiger partial charge in [0.15, 0.2) is 0 Å². The molecule has 1 saturated heterocycles. The zero-order chi connectivity index (χ0) is 5.40. The summed E-state index contributed by atoms with van der Waals surface area (Å²) in [6.07, 6.45) is 0. The lowest BCUT2D eigenvalue weighted by Crippen LogP contribution is -2.21. The number of ether oxygens (including phenoxy) is 1. The lowest BCUT2D eigenvalue weighted by Gasteiger charge is -2.04. The summed E-state index contributed by atoms with van der Waals surface area (Å²) in [5.74, 6) is 0. The second-order valence-corrected chi connectivity index (χ2v) is 2.00. The number of hydrogen-bond donors (Lipinski definition) is 0. The lowest BCUT2D eigenvalue weighted by atomic mass is 10.6. The van der Waals surface area contributed by atoms with Gasteiger partial charge in [-0.05, 0) is 0 Å². The van der Waals surface area contributed by atoms with Crippen molar-refractivity contribution >= 4 is 6.02 Å². The number of hydrogen-bond acceptors (Lipinski definition) is 3. The van der Waals surface area contributed by atoms with E-state index in [0.29, 0.717) is 0 Å². The largest absolute Gasteiger partial charge is 0.463 e. The Morgan fingerprint density at radius 2 is 2.50 bits per heavy atom. The van der Waals surface area contributed by atoms with Crippen LogP contribution in [0.4, 0.5) is 0 Å². The quantitative estimate of drug-likeness (QED) is 0.429. The van der Waals surface area contributed by atoms with Crippen LogP contribution >= 0.6 is 0 Å². The Morgan fingerprint density at radius 3 is 3.38 bits per heavy atom. The van der Waals surface area contributed by atoms with Crippen LogP contribution in [0.2, 0.25) is 0 Å². The molecule has 0 N–H and O–H groups in total. The third kappa shape index (κ3) is 0.412. The molecular weight excluding hydrogens is 104 g/mol. The van der Waals surface area contributed by atoms with Crippen LogP contribution in [0.15, 0.2) is 4.99 Å². The number of aliphatic imine (C=N–C) groups is 1. The number of fused-ring (bicyclic) bond motifs is 1. The molecular formula is C5H8N2O. The van der Waals surface area contributed by atoms with E-state index >= 15 is 0 Å². The molecule has 3 heteroatoms. The molecule has 0 aromatic heterocycles. The van der Waals surface area contributed by atoms with Gasteiger partial charge in [0.05, 0.1) is 13.1 Å². The van der Waals surface area contributed by atoms with E-state index in [4.69, 9.17) is 4.74 Å². The van der Waals surface area contributed by atoms with Crippen molar-refractivity contribution in [1.82, 2.24) is 4.90 Å². The van der Waals surface area contributed by atoms with Crippen molar-refractivity contribution in [2.45, 2.75) is 0 Å². The highest BCUT2D eigenvalue weighted by molar-refractivity contribution is 5.76. The fourth-order valence-electron chi connectivity index (χ4n) is 1.05. The third-order valence-electron chi connectivity index (χ3n) is 1.48. The molecule has 0 radical (unpaired) electrons. The summed E-state index contributed by atoms with van der Waals surface area (Å²) in [5, 5.41) is 0. The highest BCUT2D eigenvalue weighted by Crippen LogP contribution is 2.07. The Morgan fingerprint density at radius 1 is 1.50 bits per heavy atom. The summed E-state index contributed by atoms with van der Waals surface area (Å²) in [5.41, 5.74) is 0. The van der Waals surface area contributed by atoms with Crippen LogP contribution in [0.5, 0.6) is 0 Å². The summed E-state index contributed by atoms with van der Waals surface area (Å²) in [4.78, 5) is 6.28. The molecule has 44 valence electrons. The van der Waals surface area contributed by atoms with Gasteiger partial charge in [-0.1, -0.05) is 0 Å². The average Bonchev–Trinajstić information content (AvgIpc) is 2.15. The maximum atomic E-state index is 5.15. The van der Waals surface area contributed by atoms with Crippen LogP contribution < -0.4 is 0 Å². The first-order valence-corrected chi connectivity index (χ1v) is 2.89. The topological polar surface area (TPSA) is 24.8 Å². The molecule has 2 heterocycles. The molecule has 0 spiro atoms. The molecule has 0 atom stereocenters. The minimum atomic E-state index is 0.832. The first-order valence-electron chi connectivity index (χ1n) is 2.89. The maximum absolute atomic E-state index is 5.15. The van der Waals surface area contributed by atoms with E-state index in [1.54, 1.807) is 0 Å². The van der Waals surface area contributed by atoms with Crippen LogP contribution in [0.3, 0.4) is 0 Å². The molecule has 0 saturated carbocycles. The van der Waals surface area contributed by atoms with E-state index in [0.717, 1.165) is 32.3 Å². The fourth-order valence-corrected chi connectivity index (χ4v) is 1.05. The first kappa shape index (κ1) is 4.18. The molecule has 2 aliphatic rings. The Labute approximate surface area is 48.0 Å². The lowest BCUT2D eigenvalue weighted by molar-refractivity contribution is 0.351. The zero-order valence-electron chi connectivity index (χ0n) is 4.63. The van der Waals surface area contributed by atoms with Crippen molar-refractivity contribution in [2.24, 2.45) is 4.99 Å². The molecule has 2 aliphatic heterocycles. The summed E-state index contributed by atoms with van der Waals surface area (Å²) in [6.45, 7) is 3.86. The van der Waals surface area contributed by atoms with Gasteiger partial charge in [-0.3, -0.25) is 0 Å². The van der Waals surface area contributed by atoms with E-state index in [1.165, 1.54) is 0 Å². The van der Waals surface area contributed by atoms with Crippen LogP contribution in [0.25, 0.3) is 0 Å². The van der Waals surface area contributed by atoms with Crippen LogP contribution in [-0.4, -0.2) is 37.2 Å². The normalized spacial score (nSPS) is 25.0. The van der Waals surface area contributed by atoms with E-state index in [-0.39, 0.29) is 0 Å². The maximum Gasteiger partial charge on any atom is 0.287 e. The summed E-state index contributed by atoms with van der Waals surface area (Å²) >= 11 is 0. The summed E-state index contributed by atoms with van der Waals surface area (Å²) in [6, 6.07) is 0.866. The Bertz CT molecular complexity index is 132. The van der Waals surface area contributed by atoms with Crippen molar-refractivity contribution in [3.8, 4) is 0 Å². The number of rotatable bonds is 0. The van der Waals surface area contributed by atoms with Gasteiger partial charge in [0.25, 0.3) is 6.02 Å². The molecule has 3 nitrogen and oxygen atoms in total. The second-order valence-electron chi connectivity index (χ2n) is 2.00. The van der Waals surface area contributed by atoms with Gasteiger partial charge < -0.3 is 9.64 Å². The molecule has 8 heavy (non-hydrogen) atoms. The van der Waals surface area contributed by atoms with Crippen molar-refractivity contribution in [3.05, 3.63) is 0 Å². The number of amidine groups is 1. The second kappa shape index (κ2) is 1.37. The molecule has 0 aromatic rings. The van der Waals surface area contributed by atoms with Gasteiger partial charge in [-0.25, -0.2) is 4.99 Å². The molecule has 0 bridgehead atoms. The van der Waals surface area contributed by atoms with Gasteiger partial charge in [0, 0.05) is 6.54 Å². The summed E-state index contributed by atoms with van der Waals surface area (Å²) < 4.78 is 5.15. The van der Waals surface area contributed by atoms with Crippen molar-refractivity contribution < 1.29 is 4.74 Å². The molecule has 0 unspecified atom stereocenters. The van der Waals surface area contributed by atoms with Gasteiger partial charge >= 0.3 is 0 Å². The molecule has 0 amide bonds. The zero-order valence-corrected chi connectivity index (χ0v) is 4.63. The fraction of sp³-hybridized carbons (Fsp3) is 0.800. The smallest absolute Gasteiger partial charge is 0.287 e. The first-order chi connectivity index (χ1) is 3.97. The summed E-state index contributed by atoms with van der Waals surface area (Å²) in [7, 11) is 0. The molecule has 0 aliphatic carbocycles. The molecule has 0 aromatic carbocycles. The van der Waals surface area contributed by atoms with E-state index in [1.807, 2.05) is 0 Å². The van der Waals surface area contributed by atoms with Gasteiger partial charge in [-0.15, -0.1) is 0 Å². The standard InChI is InChI=1S/C5H8N2O/c1-2-7-3-4-8-5(7)6-1/h1-4H2. The average molecular weight is 112 g/mol. The van der Waals surface area contributed by atoms with Crippen LogP contribution in [0.1, 0.15) is 0 Å². The Hall–Kier alpha value is -0.730. The van der Waals surface area contributed by atoms with Crippen molar-refractivity contribution in [2.75, 3.05) is 26.2 Å². The van der Waals surface area contributed by atoms with Crippen molar-refractivity contribution in [3.63, 3.8) is 0 Å². The predicted molar refractivity (Wildman–Crippen MR) is 29.8 cm³/mol. The number of nitrogens with zero attached hydrogens (tertiary/aromatic N) is 2. The van der Waals surface area contributed by atoms with E-state index in [9.17, 15) is 0 Å². The highest BCUT2D eigenvalue weighted by Gasteiger charge is 2.23. The van der Waals surface area contributed by atoms with Gasteiger partial charge in [0.1, 0.15) is 6.61 Å². The van der Waals surface area contributed by atoms with Crippen LogP contribution in [0, 0.1) is 0 Å². The monoisotopic (exact) mass is 112 g/mol. The molecule has 1 fully saturated rings. The van der Waals surface area contributed by atoms with Gasteiger partial charge in [-0.2, -0.15) is 0 Å². The third-order valence-corrected chi connectivity index (χ3v) is 1.48. The Kier molecular flexibility index (Phi) is 0.716. The van der Waals surface area contributed by atoms with E-state index < -0.39 is 0 Å².